The molecule has 6 heteroatoms. The molecule has 1 aliphatic rings. The van der Waals surface area contributed by atoms with Crippen LogP contribution in [0.4, 0.5) is 13.2 Å². The van der Waals surface area contributed by atoms with Gasteiger partial charge in [-0.2, -0.15) is 18.3 Å². The first-order valence-corrected chi connectivity index (χ1v) is 6.91. The molecule has 0 atom stereocenters. The number of aromatic nitrogens is 2. The number of hydrogen-bond acceptors (Lipinski definition) is 2. The summed E-state index contributed by atoms with van der Waals surface area (Å²) in [6.45, 7) is 0. The van der Waals surface area contributed by atoms with Gasteiger partial charge in [0.05, 0.1) is 5.69 Å². The minimum atomic E-state index is -4.38. The van der Waals surface area contributed by atoms with Crippen LogP contribution in [0.3, 0.4) is 0 Å². The Morgan fingerprint density at radius 3 is 2.79 bits per heavy atom. The molecule has 1 N–H and O–H groups in total. The van der Waals surface area contributed by atoms with Crippen LogP contribution in [0.1, 0.15) is 17.7 Å². The second-order valence-electron chi connectivity index (χ2n) is 4.44. The average molecular weight is 284 g/mol. The lowest BCUT2D eigenvalue weighted by Gasteiger charge is -2.15. The van der Waals surface area contributed by atoms with E-state index in [1.807, 2.05) is 23.3 Å². The maximum atomic E-state index is 12.5. The highest BCUT2D eigenvalue weighted by Crippen LogP contribution is 2.35. The number of rotatable bonds is 1. The van der Waals surface area contributed by atoms with E-state index >= 15 is 0 Å². The maximum absolute atomic E-state index is 12.5. The zero-order valence-electron chi connectivity index (χ0n) is 9.92. The summed E-state index contributed by atoms with van der Waals surface area (Å²) >= 11 is 1.75. The highest BCUT2D eigenvalue weighted by molar-refractivity contribution is 7.99. The molecule has 0 saturated carbocycles. The van der Waals surface area contributed by atoms with Crippen LogP contribution in [0.2, 0.25) is 0 Å². The van der Waals surface area contributed by atoms with E-state index in [1.165, 1.54) is 5.56 Å². The van der Waals surface area contributed by atoms with E-state index in [2.05, 4.69) is 5.10 Å². The molecular weight excluding hydrogens is 273 g/mol. The highest BCUT2D eigenvalue weighted by atomic mass is 32.2. The highest BCUT2D eigenvalue weighted by Gasteiger charge is 2.33. The van der Waals surface area contributed by atoms with Gasteiger partial charge >= 0.3 is 6.18 Å². The third-order valence-electron chi connectivity index (χ3n) is 3.09. The molecule has 0 bridgehead atoms. The Bertz CT molecular complexity index is 604. The van der Waals surface area contributed by atoms with Crippen LogP contribution in [0.5, 0.6) is 0 Å². The van der Waals surface area contributed by atoms with Crippen molar-refractivity contribution < 1.29 is 13.2 Å². The van der Waals surface area contributed by atoms with Gasteiger partial charge in [-0.15, -0.1) is 11.8 Å². The fraction of sp³-hybridized carbons (Fsp3) is 0.308. The Hall–Kier alpha value is -1.43. The Kier molecular flexibility index (Phi) is 3.05. The van der Waals surface area contributed by atoms with Crippen molar-refractivity contribution in [1.29, 1.82) is 0 Å². The molecule has 0 amide bonds. The fourth-order valence-corrected chi connectivity index (χ4v) is 3.19. The molecule has 0 unspecified atom stereocenters. The summed E-state index contributed by atoms with van der Waals surface area (Å²) in [6, 6.07) is 6.80. The van der Waals surface area contributed by atoms with Gasteiger partial charge in [-0.3, -0.25) is 5.10 Å². The predicted molar refractivity (Wildman–Crippen MR) is 68.1 cm³/mol. The van der Waals surface area contributed by atoms with Crippen LogP contribution in [0.15, 0.2) is 29.2 Å². The average Bonchev–Trinajstić information content (AvgIpc) is 2.87. The van der Waals surface area contributed by atoms with E-state index in [1.54, 1.807) is 11.8 Å². The lowest BCUT2D eigenvalue weighted by atomic mass is 10.1. The topological polar surface area (TPSA) is 28.7 Å². The molecule has 1 aromatic carbocycles. The van der Waals surface area contributed by atoms with E-state index in [-0.39, 0.29) is 0 Å². The molecule has 2 heterocycles. The summed E-state index contributed by atoms with van der Waals surface area (Å²) in [5.74, 6) is 1.06. The van der Waals surface area contributed by atoms with E-state index in [0.717, 1.165) is 35.1 Å². The third kappa shape index (κ3) is 2.49. The first kappa shape index (κ1) is 12.6. The van der Waals surface area contributed by atoms with Crippen molar-refractivity contribution in [1.82, 2.24) is 10.2 Å². The summed E-state index contributed by atoms with van der Waals surface area (Å²) in [7, 11) is 0. The number of fused-ring (bicyclic) bond motifs is 1. The minimum Gasteiger partial charge on any atom is -0.273 e. The molecule has 0 radical (unpaired) electrons. The number of hydrogen-bond donors (Lipinski definition) is 1. The summed E-state index contributed by atoms with van der Waals surface area (Å²) in [5, 5.41) is 5.79. The number of alkyl halides is 3. The van der Waals surface area contributed by atoms with Crippen molar-refractivity contribution in [2.75, 3.05) is 5.75 Å². The largest absolute Gasteiger partial charge is 0.432 e. The Morgan fingerprint density at radius 1 is 1.21 bits per heavy atom. The number of benzene rings is 1. The van der Waals surface area contributed by atoms with Gasteiger partial charge in [0.15, 0.2) is 0 Å². The minimum absolute atomic E-state index is 0.335. The lowest BCUT2D eigenvalue weighted by Crippen LogP contribution is -2.04. The predicted octanol–water partition coefficient (Wildman–Crippen LogP) is 4.13. The van der Waals surface area contributed by atoms with Crippen molar-refractivity contribution in [2.45, 2.75) is 23.9 Å². The molecule has 0 saturated heterocycles. The number of nitrogens with one attached hydrogen (secondary N) is 1. The molecule has 19 heavy (non-hydrogen) atoms. The van der Waals surface area contributed by atoms with E-state index in [9.17, 15) is 13.2 Å². The van der Waals surface area contributed by atoms with Crippen LogP contribution >= 0.6 is 11.8 Å². The zero-order valence-corrected chi connectivity index (χ0v) is 10.7. The third-order valence-corrected chi connectivity index (χ3v) is 4.28. The molecule has 1 aromatic heterocycles. The molecular formula is C13H11F3N2S. The Labute approximate surface area is 112 Å². The Morgan fingerprint density at radius 2 is 2.05 bits per heavy atom. The second-order valence-corrected chi connectivity index (χ2v) is 5.58. The monoisotopic (exact) mass is 284 g/mol. The molecule has 0 fully saturated rings. The van der Waals surface area contributed by atoms with Crippen LogP contribution in [0.25, 0.3) is 11.3 Å². The van der Waals surface area contributed by atoms with E-state index in [0.29, 0.717) is 5.69 Å². The lowest BCUT2D eigenvalue weighted by molar-refractivity contribution is -0.141. The van der Waals surface area contributed by atoms with Gasteiger partial charge in [-0.25, -0.2) is 0 Å². The van der Waals surface area contributed by atoms with Crippen LogP contribution in [-0.2, 0) is 12.6 Å². The fourth-order valence-electron chi connectivity index (χ4n) is 2.11. The van der Waals surface area contributed by atoms with Gasteiger partial charge in [-0.1, -0.05) is 12.1 Å². The zero-order chi connectivity index (χ0) is 13.5. The number of aromatic amines is 1. The van der Waals surface area contributed by atoms with Gasteiger partial charge in [-0.05, 0) is 36.3 Å². The van der Waals surface area contributed by atoms with Gasteiger partial charge in [0.25, 0.3) is 0 Å². The summed E-state index contributed by atoms with van der Waals surface area (Å²) in [6.07, 6.45) is -2.19. The summed E-state index contributed by atoms with van der Waals surface area (Å²) < 4.78 is 37.5. The quantitative estimate of drug-likeness (QED) is 0.852. The van der Waals surface area contributed by atoms with Crippen molar-refractivity contribution >= 4 is 11.8 Å². The number of thioether (sulfide) groups is 1. The first-order valence-electron chi connectivity index (χ1n) is 5.93. The molecule has 100 valence electrons. The van der Waals surface area contributed by atoms with Gasteiger partial charge < -0.3 is 0 Å². The standard InChI is InChI=1S/C13H11F3N2S/c14-13(15,16)12-7-10(17-18-12)9-4-3-8-2-1-5-19-11(8)6-9/h3-4,6-7H,1-2,5H2,(H,17,18). The second kappa shape index (κ2) is 4.59. The van der Waals surface area contributed by atoms with Crippen molar-refractivity contribution in [2.24, 2.45) is 0 Å². The number of nitrogens with zero attached hydrogens (tertiary/aromatic N) is 1. The van der Waals surface area contributed by atoms with Crippen molar-refractivity contribution in [3.63, 3.8) is 0 Å². The smallest absolute Gasteiger partial charge is 0.273 e. The van der Waals surface area contributed by atoms with Gasteiger partial charge in [0, 0.05) is 10.5 Å². The first-order chi connectivity index (χ1) is 9.04. The van der Waals surface area contributed by atoms with Crippen molar-refractivity contribution in [3.8, 4) is 11.3 Å². The number of halogens is 3. The normalized spacial score (nSPS) is 15.3. The van der Waals surface area contributed by atoms with Crippen LogP contribution in [0, 0.1) is 0 Å². The van der Waals surface area contributed by atoms with Gasteiger partial charge in [0.1, 0.15) is 5.69 Å². The summed E-state index contributed by atoms with van der Waals surface area (Å²) in [5.41, 5.74) is 1.51. The van der Waals surface area contributed by atoms with Crippen LogP contribution < -0.4 is 0 Å². The van der Waals surface area contributed by atoms with E-state index in [4.69, 9.17) is 0 Å². The molecule has 0 spiro atoms. The maximum Gasteiger partial charge on any atom is 0.432 e. The summed E-state index contributed by atoms with van der Waals surface area (Å²) in [4.78, 5) is 1.15. The molecule has 3 rings (SSSR count). The molecule has 2 nitrogen and oxygen atoms in total. The molecule has 1 aliphatic heterocycles. The molecule has 2 aromatic rings. The van der Waals surface area contributed by atoms with E-state index < -0.39 is 11.9 Å². The van der Waals surface area contributed by atoms with Crippen molar-refractivity contribution in [3.05, 3.63) is 35.5 Å². The van der Waals surface area contributed by atoms with Gasteiger partial charge in [0.2, 0.25) is 0 Å². The number of aryl methyl sites for hydroxylation is 1. The molecule has 0 aliphatic carbocycles. The van der Waals surface area contributed by atoms with Crippen LogP contribution in [-0.4, -0.2) is 16.0 Å². The Balaban J connectivity index is 1.96. The number of H-pyrrole nitrogens is 1. The SMILES string of the molecule is FC(F)(F)c1cc(-c2ccc3c(c2)SCCC3)n[nH]1.